The molecule has 0 aliphatic carbocycles. The van der Waals surface area contributed by atoms with E-state index in [0.717, 1.165) is 33.5 Å². The molecule has 0 radical (unpaired) electrons. The zero-order valence-electron chi connectivity index (χ0n) is 10.7. The highest BCUT2D eigenvalue weighted by Crippen LogP contribution is 2.30. The molecule has 0 atom stereocenters. The van der Waals surface area contributed by atoms with Gasteiger partial charge in [0.05, 0.1) is 5.56 Å². The Morgan fingerprint density at radius 2 is 2.26 bits per heavy atom. The molecule has 0 bridgehead atoms. The Morgan fingerprint density at radius 1 is 1.47 bits per heavy atom. The molecule has 0 aliphatic heterocycles. The Morgan fingerprint density at radius 3 is 2.95 bits per heavy atom. The van der Waals surface area contributed by atoms with E-state index in [1.165, 1.54) is 23.3 Å². The Kier molecular flexibility index (Phi) is 4.55. The molecule has 0 amide bonds. The lowest BCUT2D eigenvalue weighted by Gasteiger charge is -2.03. The van der Waals surface area contributed by atoms with Gasteiger partial charge in [-0.05, 0) is 42.6 Å². The highest BCUT2D eigenvalue weighted by Gasteiger charge is 2.10. The first-order valence-corrected chi connectivity index (χ1v) is 7.53. The lowest BCUT2D eigenvalue weighted by molar-refractivity contribution is 0.0696. The quantitative estimate of drug-likeness (QED) is 0.912. The van der Waals surface area contributed by atoms with Crippen LogP contribution in [0.2, 0.25) is 0 Å². The monoisotopic (exact) mass is 294 g/mol. The molecule has 6 heteroatoms. The van der Waals surface area contributed by atoms with Crippen LogP contribution in [0.3, 0.4) is 0 Å². The van der Waals surface area contributed by atoms with E-state index < -0.39 is 5.97 Å². The van der Waals surface area contributed by atoms with Gasteiger partial charge in [0.1, 0.15) is 5.82 Å². The molecular weight excluding hydrogens is 280 g/mol. The van der Waals surface area contributed by atoms with Gasteiger partial charge in [0, 0.05) is 11.3 Å². The van der Waals surface area contributed by atoms with Crippen LogP contribution in [0, 0.1) is 6.92 Å². The molecule has 0 aliphatic rings. The van der Waals surface area contributed by atoms with Crippen molar-refractivity contribution in [2.45, 2.75) is 35.9 Å². The Labute approximate surface area is 120 Å². The summed E-state index contributed by atoms with van der Waals surface area (Å²) >= 11 is 2.81. The standard InChI is InChI=1S/C13H14N2O2S2/c1-3-4-11-14-13(19-15-11)18-9-6-5-8(2)10(7-9)12(16)17/h5-7H,3-4H2,1-2H3,(H,16,17). The van der Waals surface area contributed by atoms with E-state index in [4.69, 9.17) is 5.11 Å². The van der Waals surface area contributed by atoms with Crippen LogP contribution in [0.1, 0.15) is 35.1 Å². The fourth-order valence-corrected chi connectivity index (χ4v) is 3.28. The van der Waals surface area contributed by atoms with Crippen molar-refractivity contribution in [3.63, 3.8) is 0 Å². The van der Waals surface area contributed by atoms with Crippen molar-refractivity contribution in [1.29, 1.82) is 0 Å². The van der Waals surface area contributed by atoms with Gasteiger partial charge in [-0.25, -0.2) is 9.78 Å². The number of aryl methyl sites for hydroxylation is 2. The third-order valence-electron chi connectivity index (χ3n) is 2.57. The van der Waals surface area contributed by atoms with E-state index in [2.05, 4.69) is 16.3 Å². The van der Waals surface area contributed by atoms with Crippen molar-refractivity contribution in [2.24, 2.45) is 0 Å². The van der Waals surface area contributed by atoms with E-state index in [1.54, 1.807) is 13.0 Å². The van der Waals surface area contributed by atoms with Gasteiger partial charge in [-0.3, -0.25) is 0 Å². The fraction of sp³-hybridized carbons (Fsp3) is 0.308. The number of rotatable bonds is 5. The normalized spacial score (nSPS) is 10.6. The maximum atomic E-state index is 11.1. The van der Waals surface area contributed by atoms with Crippen molar-refractivity contribution in [2.75, 3.05) is 0 Å². The van der Waals surface area contributed by atoms with Crippen LogP contribution in [0.5, 0.6) is 0 Å². The minimum Gasteiger partial charge on any atom is -0.478 e. The lowest BCUT2D eigenvalue weighted by atomic mass is 10.1. The number of carboxylic acid groups (broad SMARTS) is 1. The molecule has 1 N–H and O–H groups in total. The Hall–Kier alpha value is -1.40. The summed E-state index contributed by atoms with van der Waals surface area (Å²) in [6, 6.07) is 5.41. The number of nitrogens with zero attached hydrogens (tertiary/aromatic N) is 2. The first-order valence-electron chi connectivity index (χ1n) is 5.94. The van der Waals surface area contributed by atoms with Gasteiger partial charge in [0.25, 0.3) is 0 Å². The Balaban J connectivity index is 2.18. The molecule has 4 nitrogen and oxygen atoms in total. The maximum Gasteiger partial charge on any atom is 0.335 e. The second-order valence-electron chi connectivity index (χ2n) is 4.11. The number of benzene rings is 1. The van der Waals surface area contributed by atoms with Crippen LogP contribution in [-0.2, 0) is 6.42 Å². The van der Waals surface area contributed by atoms with E-state index in [1.807, 2.05) is 12.1 Å². The molecule has 0 saturated heterocycles. The topological polar surface area (TPSA) is 63.1 Å². The summed E-state index contributed by atoms with van der Waals surface area (Å²) in [7, 11) is 0. The summed E-state index contributed by atoms with van der Waals surface area (Å²) in [5, 5.41) is 9.10. The number of hydrogen-bond acceptors (Lipinski definition) is 5. The van der Waals surface area contributed by atoms with E-state index >= 15 is 0 Å². The largest absolute Gasteiger partial charge is 0.478 e. The average Bonchev–Trinajstić information content (AvgIpc) is 2.79. The number of carbonyl (C=O) groups is 1. The number of aromatic nitrogens is 2. The van der Waals surface area contributed by atoms with E-state index in [0.29, 0.717) is 5.56 Å². The van der Waals surface area contributed by atoms with Crippen LogP contribution in [-0.4, -0.2) is 20.4 Å². The molecular formula is C13H14N2O2S2. The van der Waals surface area contributed by atoms with E-state index in [9.17, 15) is 4.79 Å². The zero-order chi connectivity index (χ0) is 13.8. The van der Waals surface area contributed by atoms with Gasteiger partial charge < -0.3 is 5.11 Å². The molecule has 0 unspecified atom stereocenters. The third kappa shape index (κ3) is 3.54. The van der Waals surface area contributed by atoms with Gasteiger partial charge in [-0.2, -0.15) is 4.37 Å². The summed E-state index contributed by atoms with van der Waals surface area (Å²) in [6.07, 6.45) is 1.90. The van der Waals surface area contributed by atoms with Crippen LogP contribution < -0.4 is 0 Å². The molecule has 1 aromatic carbocycles. The van der Waals surface area contributed by atoms with Gasteiger partial charge >= 0.3 is 5.97 Å². The number of hydrogen-bond donors (Lipinski definition) is 1. The fourth-order valence-electron chi connectivity index (χ4n) is 1.60. The van der Waals surface area contributed by atoms with Gasteiger partial charge in [-0.15, -0.1) is 0 Å². The van der Waals surface area contributed by atoms with Crippen molar-refractivity contribution in [3.8, 4) is 0 Å². The van der Waals surface area contributed by atoms with Crippen molar-refractivity contribution in [1.82, 2.24) is 9.36 Å². The van der Waals surface area contributed by atoms with Crippen molar-refractivity contribution >= 4 is 29.3 Å². The van der Waals surface area contributed by atoms with Crippen LogP contribution in [0.25, 0.3) is 0 Å². The predicted molar refractivity (Wildman–Crippen MR) is 76.2 cm³/mol. The first kappa shape index (κ1) is 14.0. The molecule has 2 aromatic rings. The third-order valence-corrected chi connectivity index (χ3v) is 4.35. The van der Waals surface area contributed by atoms with Crippen molar-refractivity contribution < 1.29 is 9.90 Å². The van der Waals surface area contributed by atoms with Crippen LogP contribution in [0.15, 0.2) is 27.4 Å². The average molecular weight is 294 g/mol. The molecule has 1 heterocycles. The molecule has 19 heavy (non-hydrogen) atoms. The highest BCUT2D eigenvalue weighted by atomic mass is 32.2. The Bertz CT molecular complexity index is 596. The van der Waals surface area contributed by atoms with Crippen molar-refractivity contribution in [3.05, 3.63) is 35.2 Å². The minimum absolute atomic E-state index is 0.336. The van der Waals surface area contributed by atoms with Gasteiger partial charge in [0.15, 0.2) is 4.34 Å². The first-order chi connectivity index (χ1) is 9.10. The summed E-state index contributed by atoms with van der Waals surface area (Å²) in [4.78, 5) is 16.4. The highest BCUT2D eigenvalue weighted by molar-refractivity contribution is 8.01. The summed E-state index contributed by atoms with van der Waals surface area (Å²) in [6.45, 7) is 3.88. The van der Waals surface area contributed by atoms with Crippen LogP contribution >= 0.6 is 23.3 Å². The number of aromatic carboxylic acids is 1. The second-order valence-corrected chi connectivity index (χ2v) is 6.18. The summed E-state index contributed by atoms with van der Waals surface area (Å²) in [5.41, 5.74) is 1.10. The zero-order valence-corrected chi connectivity index (χ0v) is 12.3. The van der Waals surface area contributed by atoms with E-state index in [-0.39, 0.29) is 0 Å². The molecule has 100 valence electrons. The predicted octanol–water partition coefficient (Wildman–Crippen LogP) is 3.65. The SMILES string of the molecule is CCCc1nsc(Sc2ccc(C)c(C(=O)O)c2)n1. The number of carboxylic acids is 1. The van der Waals surface area contributed by atoms with Crippen LogP contribution in [0.4, 0.5) is 0 Å². The summed E-state index contributed by atoms with van der Waals surface area (Å²) in [5.74, 6) is -0.0375. The smallest absolute Gasteiger partial charge is 0.335 e. The van der Waals surface area contributed by atoms with Gasteiger partial charge in [0.2, 0.25) is 0 Å². The lowest BCUT2D eigenvalue weighted by Crippen LogP contribution is -1.99. The molecule has 0 saturated carbocycles. The molecule has 1 aromatic heterocycles. The molecule has 0 spiro atoms. The molecule has 2 rings (SSSR count). The molecule has 0 fully saturated rings. The maximum absolute atomic E-state index is 11.1. The summed E-state index contributed by atoms with van der Waals surface area (Å²) < 4.78 is 5.12. The minimum atomic E-state index is -0.899. The second kappa shape index (κ2) is 6.16. The van der Waals surface area contributed by atoms with Gasteiger partial charge in [-0.1, -0.05) is 24.8 Å².